The van der Waals surface area contributed by atoms with Crippen LogP contribution in [0.5, 0.6) is 0 Å². The van der Waals surface area contributed by atoms with E-state index >= 15 is 0 Å². The van der Waals surface area contributed by atoms with Gasteiger partial charge in [-0.2, -0.15) is 0 Å². The van der Waals surface area contributed by atoms with Gasteiger partial charge in [0.05, 0.1) is 34.5 Å². The molecule has 0 N–H and O–H groups in total. The molecular weight excluding hydrogens is 480 g/mol. The van der Waals surface area contributed by atoms with Crippen molar-refractivity contribution in [3.63, 3.8) is 0 Å². The van der Waals surface area contributed by atoms with Gasteiger partial charge in [-0.05, 0) is 33.4 Å². The van der Waals surface area contributed by atoms with E-state index in [4.69, 9.17) is 0 Å². The fourth-order valence-electron chi connectivity index (χ4n) is 3.81. The van der Waals surface area contributed by atoms with Crippen LogP contribution in [0.2, 0.25) is 0 Å². The van der Waals surface area contributed by atoms with Gasteiger partial charge in [0.1, 0.15) is 0 Å². The van der Waals surface area contributed by atoms with Crippen LogP contribution in [0.15, 0.2) is 72.8 Å². The van der Waals surface area contributed by atoms with E-state index in [-0.39, 0.29) is 11.5 Å². The molecule has 3 heterocycles. The molecule has 3 aliphatic rings. The standard InChI is InChI=1S/C24H24O6S3/c25-31(26)13-15-32(27,28)17-19-5-9-21(10-6-19)23-3-1-2-4-24(23)22-11-7-20(8-12-22)18-33(29,30)16-14-31/h1-12H,13-18H2. The lowest BCUT2D eigenvalue weighted by Crippen LogP contribution is -2.25. The first-order valence-electron chi connectivity index (χ1n) is 10.4. The average molecular weight is 505 g/mol. The zero-order valence-electron chi connectivity index (χ0n) is 17.8. The minimum absolute atomic E-state index is 0.274. The van der Waals surface area contributed by atoms with Crippen LogP contribution in [0.3, 0.4) is 0 Å². The van der Waals surface area contributed by atoms with Crippen molar-refractivity contribution >= 4 is 29.5 Å². The normalized spacial score (nSPS) is 19.6. The molecule has 174 valence electrons. The monoisotopic (exact) mass is 504 g/mol. The lowest BCUT2D eigenvalue weighted by atomic mass is 9.94. The van der Waals surface area contributed by atoms with Gasteiger partial charge in [-0.3, -0.25) is 0 Å². The molecule has 6 nitrogen and oxygen atoms in total. The van der Waals surface area contributed by atoms with E-state index in [1.807, 2.05) is 48.5 Å². The molecule has 0 saturated carbocycles. The highest BCUT2D eigenvalue weighted by Gasteiger charge is 2.22. The third kappa shape index (κ3) is 6.10. The van der Waals surface area contributed by atoms with Gasteiger partial charge in [0.15, 0.2) is 29.5 Å². The highest BCUT2D eigenvalue weighted by Crippen LogP contribution is 2.32. The lowest BCUT2D eigenvalue weighted by Gasteiger charge is -2.12. The maximum Gasteiger partial charge on any atom is 0.155 e. The van der Waals surface area contributed by atoms with Gasteiger partial charge in [-0.1, -0.05) is 72.8 Å². The van der Waals surface area contributed by atoms with Crippen LogP contribution in [-0.2, 0) is 41.0 Å². The molecule has 0 aliphatic carbocycles. The molecule has 0 spiro atoms. The summed E-state index contributed by atoms with van der Waals surface area (Å²) in [4.78, 5) is 0. The summed E-state index contributed by atoms with van der Waals surface area (Å²) in [6, 6.07) is 22.2. The summed E-state index contributed by atoms with van der Waals surface area (Å²) in [5.74, 6) is -2.81. The zero-order valence-corrected chi connectivity index (χ0v) is 20.3. The molecule has 9 heteroatoms. The van der Waals surface area contributed by atoms with Crippen LogP contribution in [0.1, 0.15) is 11.1 Å². The quantitative estimate of drug-likeness (QED) is 0.466. The first-order chi connectivity index (χ1) is 15.5. The van der Waals surface area contributed by atoms with Crippen molar-refractivity contribution in [2.45, 2.75) is 11.5 Å². The fraction of sp³-hybridized carbons (Fsp3) is 0.250. The fourth-order valence-corrected chi connectivity index (χ4v) is 9.77. The van der Waals surface area contributed by atoms with Gasteiger partial charge >= 0.3 is 0 Å². The number of hydrogen-bond acceptors (Lipinski definition) is 6. The van der Waals surface area contributed by atoms with E-state index in [2.05, 4.69) is 0 Å². The summed E-state index contributed by atoms with van der Waals surface area (Å²) in [5.41, 5.74) is 4.90. The molecule has 0 fully saturated rings. The Morgan fingerprint density at radius 2 is 0.758 bits per heavy atom. The third-order valence-corrected chi connectivity index (χ3v) is 11.0. The molecule has 0 amide bonds. The van der Waals surface area contributed by atoms with Gasteiger partial charge in [-0.15, -0.1) is 0 Å². The molecule has 0 saturated heterocycles. The van der Waals surface area contributed by atoms with Crippen LogP contribution in [0, 0.1) is 0 Å². The van der Waals surface area contributed by atoms with E-state index in [9.17, 15) is 25.3 Å². The van der Waals surface area contributed by atoms with Crippen LogP contribution < -0.4 is 0 Å². The Hall–Kier alpha value is -2.49. The molecule has 3 aromatic rings. The summed E-state index contributed by atoms with van der Waals surface area (Å²) in [5, 5.41) is 0. The molecule has 4 bridgehead atoms. The summed E-state index contributed by atoms with van der Waals surface area (Å²) >= 11 is 0. The molecule has 0 radical (unpaired) electrons. The Balaban J connectivity index is 1.78. The van der Waals surface area contributed by atoms with E-state index < -0.39 is 52.5 Å². The number of benzene rings is 3. The third-order valence-electron chi connectivity index (χ3n) is 5.64. The van der Waals surface area contributed by atoms with E-state index in [0.717, 1.165) is 22.3 Å². The molecule has 6 rings (SSSR count). The predicted octanol–water partition coefficient (Wildman–Crippen LogP) is 3.28. The summed E-state index contributed by atoms with van der Waals surface area (Å²) in [7, 11) is -11.2. The maximum absolute atomic E-state index is 12.5. The van der Waals surface area contributed by atoms with Crippen molar-refractivity contribution < 1.29 is 25.3 Å². The lowest BCUT2D eigenvalue weighted by molar-refractivity contribution is 0.584. The average Bonchev–Trinajstić information content (AvgIpc) is 2.77. The van der Waals surface area contributed by atoms with Crippen molar-refractivity contribution in [2.24, 2.45) is 0 Å². The molecular formula is C24H24O6S3. The minimum atomic E-state index is -3.83. The number of rotatable bonds is 0. The van der Waals surface area contributed by atoms with E-state index in [1.165, 1.54) is 0 Å². The second-order valence-corrected chi connectivity index (χ2v) is 14.9. The van der Waals surface area contributed by atoms with Gasteiger partial charge in [-0.25, -0.2) is 25.3 Å². The summed E-state index contributed by atoms with van der Waals surface area (Å²) in [6.45, 7) is 0. The van der Waals surface area contributed by atoms with Crippen LogP contribution in [0.4, 0.5) is 0 Å². The SMILES string of the molecule is O=S1(=O)CCS(=O)(=O)Cc2ccc(cc2)-c2ccccc2-c2ccc(cc2)CS(=O)(=O)CC1. The first-order valence-corrected chi connectivity index (χ1v) is 15.9. The summed E-state index contributed by atoms with van der Waals surface area (Å²) in [6.07, 6.45) is 0. The van der Waals surface area contributed by atoms with Gasteiger partial charge < -0.3 is 0 Å². The van der Waals surface area contributed by atoms with Crippen molar-refractivity contribution in [1.29, 1.82) is 0 Å². The predicted molar refractivity (Wildman–Crippen MR) is 131 cm³/mol. The smallest absolute Gasteiger partial charge is 0.155 e. The van der Waals surface area contributed by atoms with Crippen LogP contribution in [-0.4, -0.2) is 48.3 Å². The number of hydrogen-bond donors (Lipinski definition) is 0. The first kappa shape index (κ1) is 23.7. The highest BCUT2D eigenvalue weighted by molar-refractivity contribution is 7.96. The van der Waals surface area contributed by atoms with Gasteiger partial charge in [0.25, 0.3) is 0 Å². The van der Waals surface area contributed by atoms with E-state index in [1.54, 1.807) is 24.3 Å². The van der Waals surface area contributed by atoms with Crippen LogP contribution >= 0.6 is 0 Å². The zero-order chi connectivity index (χ0) is 23.7. The van der Waals surface area contributed by atoms with Crippen molar-refractivity contribution in [1.82, 2.24) is 0 Å². The van der Waals surface area contributed by atoms with Gasteiger partial charge in [0, 0.05) is 0 Å². The molecule has 0 atom stereocenters. The highest BCUT2D eigenvalue weighted by atomic mass is 32.2. The largest absolute Gasteiger partial charge is 0.229 e. The Kier molecular flexibility index (Phi) is 6.48. The Morgan fingerprint density at radius 1 is 0.424 bits per heavy atom. The topological polar surface area (TPSA) is 102 Å². The maximum atomic E-state index is 12.5. The summed E-state index contributed by atoms with van der Waals surface area (Å²) < 4.78 is 74.7. The molecule has 0 unspecified atom stereocenters. The minimum Gasteiger partial charge on any atom is -0.229 e. The molecule has 3 aromatic carbocycles. The Morgan fingerprint density at radius 3 is 1.12 bits per heavy atom. The van der Waals surface area contributed by atoms with E-state index in [0.29, 0.717) is 11.1 Å². The van der Waals surface area contributed by atoms with Crippen molar-refractivity contribution in [3.05, 3.63) is 83.9 Å². The molecule has 33 heavy (non-hydrogen) atoms. The molecule has 3 aliphatic heterocycles. The Labute approximate surface area is 195 Å². The van der Waals surface area contributed by atoms with Crippen molar-refractivity contribution in [3.8, 4) is 22.3 Å². The second-order valence-electron chi connectivity index (χ2n) is 8.28. The van der Waals surface area contributed by atoms with Crippen LogP contribution in [0.25, 0.3) is 22.3 Å². The second kappa shape index (κ2) is 9.04. The van der Waals surface area contributed by atoms with Crippen molar-refractivity contribution in [2.75, 3.05) is 23.0 Å². The molecule has 0 aromatic heterocycles. The van der Waals surface area contributed by atoms with Gasteiger partial charge in [0.2, 0.25) is 0 Å². The Bertz CT molecular complexity index is 1360. The number of sulfone groups is 3. The number of fused-ring (bicyclic) bond motifs is 2.